The van der Waals surface area contributed by atoms with E-state index in [1.807, 2.05) is 0 Å². The predicted molar refractivity (Wildman–Crippen MR) is 82.1 cm³/mol. The van der Waals surface area contributed by atoms with Crippen LogP contribution < -0.4 is 0 Å². The molecule has 0 aliphatic heterocycles. The van der Waals surface area contributed by atoms with Gasteiger partial charge in [0.2, 0.25) is 0 Å². The minimum atomic E-state index is -0.723. The van der Waals surface area contributed by atoms with Gasteiger partial charge in [0.25, 0.3) is 5.91 Å². The normalized spacial score (nSPS) is 16.1. The van der Waals surface area contributed by atoms with Crippen LogP contribution in [0.2, 0.25) is 0 Å². The van der Waals surface area contributed by atoms with E-state index in [1.165, 1.54) is 17.4 Å². The Morgan fingerprint density at radius 2 is 2.13 bits per heavy atom. The molecule has 0 radical (unpaired) electrons. The minimum Gasteiger partial charge on any atom is -0.350 e. The van der Waals surface area contributed by atoms with E-state index in [1.54, 1.807) is 7.05 Å². The molecule has 0 spiro atoms. The van der Waals surface area contributed by atoms with Crippen molar-refractivity contribution < 1.29 is 18.4 Å². The minimum absolute atomic E-state index is 0.146. The number of hydrogen-bond acceptors (Lipinski definition) is 2. The van der Waals surface area contributed by atoms with Crippen molar-refractivity contribution in [1.29, 1.82) is 0 Å². The van der Waals surface area contributed by atoms with Crippen LogP contribution in [-0.2, 0) is 4.79 Å². The van der Waals surface area contributed by atoms with Crippen molar-refractivity contribution in [3.8, 4) is 0 Å². The Labute approximate surface area is 132 Å². The maximum absolute atomic E-state index is 13.7. The van der Waals surface area contributed by atoms with Gasteiger partial charge in [-0.25, -0.2) is 8.78 Å². The number of nitrogens with one attached hydrogen (secondary N) is 1. The second kappa shape index (κ2) is 6.10. The molecule has 3 rings (SSSR count). The van der Waals surface area contributed by atoms with Crippen molar-refractivity contribution in [2.24, 2.45) is 5.92 Å². The van der Waals surface area contributed by atoms with Crippen LogP contribution in [0.25, 0.3) is 10.9 Å². The standard InChI is InChI=1S/C17H18F2N2O2/c1-21(12(9-22)5-10-3-2-4-10)17(23)16-8-13-14(19)6-11(18)7-15(13)20-16/h6-10,12,20H,2-5H2,1H3. The predicted octanol–water partition coefficient (Wildman–Crippen LogP) is 3.28. The van der Waals surface area contributed by atoms with Crippen LogP contribution in [0.4, 0.5) is 8.78 Å². The highest BCUT2D eigenvalue weighted by Crippen LogP contribution is 2.31. The van der Waals surface area contributed by atoms with Crippen molar-refractivity contribution in [2.45, 2.75) is 31.7 Å². The number of nitrogens with zero attached hydrogens (tertiary/aromatic N) is 1. The average molecular weight is 320 g/mol. The van der Waals surface area contributed by atoms with Crippen molar-refractivity contribution in [1.82, 2.24) is 9.88 Å². The van der Waals surface area contributed by atoms with Gasteiger partial charge in [-0.1, -0.05) is 19.3 Å². The fourth-order valence-corrected chi connectivity index (χ4v) is 2.99. The molecule has 1 aliphatic rings. The molecule has 23 heavy (non-hydrogen) atoms. The van der Waals surface area contributed by atoms with E-state index in [2.05, 4.69) is 4.98 Å². The molecular formula is C17H18F2N2O2. The van der Waals surface area contributed by atoms with Crippen LogP contribution >= 0.6 is 0 Å². The van der Waals surface area contributed by atoms with Gasteiger partial charge in [0.15, 0.2) is 0 Å². The summed E-state index contributed by atoms with van der Waals surface area (Å²) < 4.78 is 27.0. The zero-order valence-electron chi connectivity index (χ0n) is 12.8. The summed E-state index contributed by atoms with van der Waals surface area (Å²) in [6.07, 6.45) is 4.77. The van der Waals surface area contributed by atoms with Gasteiger partial charge in [-0.15, -0.1) is 0 Å². The van der Waals surface area contributed by atoms with Crippen molar-refractivity contribution in [3.63, 3.8) is 0 Å². The molecule has 4 nitrogen and oxygen atoms in total. The van der Waals surface area contributed by atoms with E-state index in [-0.39, 0.29) is 16.6 Å². The number of aromatic amines is 1. The molecule has 1 fully saturated rings. The Balaban J connectivity index is 1.83. The number of benzene rings is 1. The van der Waals surface area contributed by atoms with Gasteiger partial charge in [0.1, 0.15) is 23.6 Å². The Hall–Kier alpha value is -2.24. The Kier molecular flexibility index (Phi) is 4.15. The summed E-state index contributed by atoms with van der Waals surface area (Å²) in [5.41, 5.74) is 0.369. The number of rotatable bonds is 5. The number of amides is 1. The number of H-pyrrole nitrogens is 1. The number of aldehydes is 1. The van der Waals surface area contributed by atoms with Crippen LogP contribution in [0.5, 0.6) is 0 Å². The highest BCUT2D eigenvalue weighted by molar-refractivity contribution is 5.99. The number of fused-ring (bicyclic) bond motifs is 1. The van der Waals surface area contributed by atoms with Gasteiger partial charge in [-0.2, -0.15) is 0 Å². The zero-order valence-corrected chi connectivity index (χ0v) is 12.8. The van der Waals surface area contributed by atoms with Gasteiger partial charge in [0.05, 0.1) is 11.6 Å². The number of carbonyl (C=O) groups is 2. The fourth-order valence-electron chi connectivity index (χ4n) is 2.99. The van der Waals surface area contributed by atoms with Gasteiger partial charge in [0, 0.05) is 18.5 Å². The van der Waals surface area contributed by atoms with E-state index in [0.717, 1.165) is 31.3 Å². The third-order valence-electron chi connectivity index (χ3n) is 4.66. The van der Waals surface area contributed by atoms with E-state index in [9.17, 15) is 18.4 Å². The molecular weight excluding hydrogens is 302 g/mol. The first-order valence-electron chi connectivity index (χ1n) is 7.70. The lowest BCUT2D eigenvalue weighted by molar-refractivity contribution is -0.112. The van der Waals surface area contributed by atoms with Crippen LogP contribution in [0, 0.1) is 17.6 Å². The summed E-state index contributed by atoms with van der Waals surface area (Å²) >= 11 is 0. The topological polar surface area (TPSA) is 53.2 Å². The molecule has 122 valence electrons. The molecule has 1 amide bonds. The monoisotopic (exact) mass is 320 g/mol. The Morgan fingerprint density at radius 3 is 2.74 bits per heavy atom. The lowest BCUT2D eigenvalue weighted by atomic mass is 9.81. The molecule has 1 heterocycles. The summed E-state index contributed by atoms with van der Waals surface area (Å²) in [6.45, 7) is 0. The number of carbonyl (C=O) groups excluding carboxylic acids is 2. The molecule has 1 N–H and O–H groups in total. The average Bonchev–Trinajstić information content (AvgIpc) is 2.89. The molecule has 6 heteroatoms. The quantitative estimate of drug-likeness (QED) is 0.860. The Morgan fingerprint density at radius 1 is 1.39 bits per heavy atom. The highest BCUT2D eigenvalue weighted by atomic mass is 19.1. The summed E-state index contributed by atoms with van der Waals surface area (Å²) in [7, 11) is 1.56. The summed E-state index contributed by atoms with van der Waals surface area (Å²) in [4.78, 5) is 27.9. The second-order valence-corrected chi connectivity index (χ2v) is 6.18. The molecule has 1 aliphatic carbocycles. The van der Waals surface area contributed by atoms with Gasteiger partial charge in [-0.05, 0) is 24.5 Å². The van der Waals surface area contributed by atoms with Gasteiger partial charge < -0.3 is 14.7 Å². The SMILES string of the molecule is CN(C(=O)c1cc2c(F)cc(F)cc2[nH]1)C(C=O)CC1CCC1. The summed E-state index contributed by atoms with van der Waals surface area (Å²) in [5.74, 6) is -1.36. The molecule has 0 bridgehead atoms. The molecule has 1 aromatic carbocycles. The van der Waals surface area contributed by atoms with E-state index >= 15 is 0 Å². The van der Waals surface area contributed by atoms with Crippen molar-refractivity contribution >= 4 is 23.1 Å². The summed E-state index contributed by atoms with van der Waals surface area (Å²) in [5, 5.41) is 0.157. The first-order valence-corrected chi connectivity index (χ1v) is 7.70. The van der Waals surface area contributed by atoms with Crippen molar-refractivity contribution in [2.75, 3.05) is 7.05 Å². The third-order valence-corrected chi connectivity index (χ3v) is 4.66. The van der Waals surface area contributed by atoms with Gasteiger partial charge >= 0.3 is 0 Å². The van der Waals surface area contributed by atoms with Crippen molar-refractivity contribution in [3.05, 3.63) is 35.5 Å². The van der Waals surface area contributed by atoms with Gasteiger partial charge in [-0.3, -0.25) is 4.79 Å². The van der Waals surface area contributed by atoms with Crippen LogP contribution in [0.1, 0.15) is 36.2 Å². The molecule has 1 unspecified atom stereocenters. The first kappa shape index (κ1) is 15.6. The second-order valence-electron chi connectivity index (χ2n) is 6.18. The maximum atomic E-state index is 13.7. The number of halogens is 2. The Bertz CT molecular complexity index is 752. The molecule has 1 atom stereocenters. The molecule has 0 saturated heterocycles. The van der Waals surface area contributed by atoms with Crippen LogP contribution in [0.3, 0.4) is 0 Å². The lowest BCUT2D eigenvalue weighted by Gasteiger charge is -2.31. The fraction of sp³-hybridized carbons (Fsp3) is 0.412. The number of hydrogen-bond donors (Lipinski definition) is 1. The van der Waals surface area contributed by atoms with E-state index in [0.29, 0.717) is 12.3 Å². The largest absolute Gasteiger partial charge is 0.350 e. The zero-order chi connectivity index (χ0) is 16.6. The maximum Gasteiger partial charge on any atom is 0.270 e. The smallest absolute Gasteiger partial charge is 0.270 e. The molecule has 2 aromatic rings. The van der Waals surface area contributed by atoms with E-state index < -0.39 is 23.6 Å². The summed E-state index contributed by atoms with van der Waals surface area (Å²) in [6, 6.07) is 2.77. The lowest BCUT2D eigenvalue weighted by Crippen LogP contribution is -2.40. The molecule has 1 saturated carbocycles. The first-order chi connectivity index (χ1) is 11.0. The number of aromatic nitrogens is 1. The third kappa shape index (κ3) is 2.98. The molecule has 1 aromatic heterocycles. The van der Waals surface area contributed by atoms with Crippen LogP contribution in [0.15, 0.2) is 18.2 Å². The highest BCUT2D eigenvalue weighted by Gasteiger charge is 2.28. The van der Waals surface area contributed by atoms with E-state index in [4.69, 9.17) is 0 Å². The number of likely N-dealkylation sites (N-methyl/N-ethyl adjacent to an activating group) is 1. The van der Waals surface area contributed by atoms with Crippen LogP contribution in [-0.4, -0.2) is 35.2 Å².